The average molecular weight is 305 g/mol. The van der Waals surface area contributed by atoms with Crippen molar-refractivity contribution < 1.29 is 0 Å². The molecule has 2 aromatic rings. The molecule has 0 saturated carbocycles. The fourth-order valence-electron chi connectivity index (χ4n) is 2.62. The van der Waals surface area contributed by atoms with Crippen molar-refractivity contribution in [2.75, 3.05) is 35.2 Å². The zero-order valence-electron chi connectivity index (χ0n) is 11.8. The Kier molecular flexibility index (Phi) is 3.79. The summed E-state index contributed by atoms with van der Waals surface area (Å²) in [6, 6.07) is 5.80. The van der Waals surface area contributed by atoms with Gasteiger partial charge in [-0.1, -0.05) is 11.6 Å². The van der Waals surface area contributed by atoms with Gasteiger partial charge < -0.3 is 15.5 Å². The molecule has 0 spiro atoms. The van der Waals surface area contributed by atoms with Crippen LogP contribution in [0.15, 0.2) is 30.7 Å². The minimum Gasteiger partial charge on any atom is -0.384 e. The summed E-state index contributed by atoms with van der Waals surface area (Å²) in [6.07, 6.45) is 3.27. The largest absolute Gasteiger partial charge is 0.384 e. The number of halogens is 1. The summed E-state index contributed by atoms with van der Waals surface area (Å²) in [4.78, 5) is 17.0. The molecule has 2 aromatic heterocycles. The predicted octanol–water partition coefficient (Wildman–Crippen LogP) is 1.82. The third-order valence-corrected chi connectivity index (χ3v) is 3.93. The number of piperazine rings is 1. The first-order valence-corrected chi connectivity index (χ1v) is 7.22. The topological polar surface area (TPSA) is 71.2 Å². The van der Waals surface area contributed by atoms with Crippen LogP contribution < -0.4 is 15.5 Å². The van der Waals surface area contributed by atoms with Crippen LogP contribution in [0.25, 0.3) is 0 Å². The summed E-state index contributed by atoms with van der Waals surface area (Å²) in [5, 5.41) is 0.685. The van der Waals surface area contributed by atoms with E-state index >= 15 is 0 Å². The Bertz CT molecular complexity index is 634. The first-order chi connectivity index (χ1) is 10.1. The molecule has 0 bridgehead atoms. The van der Waals surface area contributed by atoms with E-state index in [0.717, 1.165) is 31.3 Å². The summed E-state index contributed by atoms with van der Waals surface area (Å²) < 4.78 is 0. The van der Waals surface area contributed by atoms with Gasteiger partial charge in [-0.05, 0) is 19.1 Å². The van der Waals surface area contributed by atoms with Crippen LogP contribution in [0.5, 0.6) is 0 Å². The Hall–Kier alpha value is -2.08. The molecule has 1 aliphatic heterocycles. The maximum Gasteiger partial charge on any atom is 0.147 e. The van der Waals surface area contributed by atoms with Crippen molar-refractivity contribution in [2.45, 2.75) is 13.0 Å². The van der Waals surface area contributed by atoms with Gasteiger partial charge in [0.25, 0.3) is 0 Å². The highest BCUT2D eigenvalue weighted by Crippen LogP contribution is 2.26. The fraction of sp³-hybridized carbons (Fsp3) is 0.357. The molecule has 3 rings (SSSR count). The molecule has 2 N–H and O–H groups in total. The maximum atomic E-state index is 6.22. The van der Waals surface area contributed by atoms with Gasteiger partial charge in [0.1, 0.15) is 23.8 Å². The molecule has 6 nitrogen and oxygen atoms in total. The molecule has 7 heteroatoms. The average Bonchev–Trinajstić information content (AvgIpc) is 2.47. The lowest BCUT2D eigenvalue weighted by Gasteiger charge is -2.41. The number of hydrogen-bond donors (Lipinski definition) is 1. The zero-order valence-corrected chi connectivity index (χ0v) is 12.5. The third kappa shape index (κ3) is 2.85. The second kappa shape index (κ2) is 5.73. The van der Waals surface area contributed by atoms with Crippen LogP contribution in [0, 0.1) is 0 Å². The number of nitrogen functional groups attached to an aromatic ring is 1. The molecule has 1 saturated heterocycles. The molecule has 110 valence electrons. The van der Waals surface area contributed by atoms with Crippen LogP contribution in [0.1, 0.15) is 6.92 Å². The fourth-order valence-corrected chi connectivity index (χ4v) is 2.86. The van der Waals surface area contributed by atoms with E-state index in [4.69, 9.17) is 17.3 Å². The highest BCUT2D eigenvalue weighted by molar-refractivity contribution is 6.32. The lowest BCUT2D eigenvalue weighted by atomic mass is 10.2. The zero-order chi connectivity index (χ0) is 14.8. The number of nitrogens with two attached hydrogens (primary N) is 1. The van der Waals surface area contributed by atoms with Crippen LogP contribution in [-0.2, 0) is 0 Å². The van der Waals surface area contributed by atoms with E-state index in [1.54, 1.807) is 12.3 Å². The molecular formula is C14H17ClN6. The number of hydrogen-bond acceptors (Lipinski definition) is 6. The van der Waals surface area contributed by atoms with Gasteiger partial charge in [-0.2, -0.15) is 0 Å². The van der Waals surface area contributed by atoms with Gasteiger partial charge in [-0.3, -0.25) is 0 Å². The van der Waals surface area contributed by atoms with Gasteiger partial charge in [0, 0.05) is 37.9 Å². The summed E-state index contributed by atoms with van der Waals surface area (Å²) in [6.45, 7) is 4.66. The quantitative estimate of drug-likeness (QED) is 0.912. The Balaban J connectivity index is 1.77. The van der Waals surface area contributed by atoms with Crippen LogP contribution in [0.4, 0.5) is 17.5 Å². The molecule has 21 heavy (non-hydrogen) atoms. The summed E-state index contributed by atoms with van der Waals surface area (Å²) in [7, 11) is 0. The molecule has 0 amide bonds. The Morgan fingerprint density at radius 1 is 1.29 bits per heavy atom. The maximum absolute atomic E-state index is 6.22. The molecule has 0 radical (unpaired) electrons. The molecule has 0 aromatic carbocycles. The minimum absolute atomic E-state index is 0.283. The van der Waals surface area contributed by atoms with Gasteiger partial charge >= 0.3 is 0 Å². The Morgan fingerprint density at radius 2 is 2.14 bits per heavy atom. The van der Waals surface area contributed by atoms with E-state index in [0.29, 0.717) is 10.8 Å². The highest BCUT2D eigenvalue weighted by Gasteiger charge is 2.26. The number of anilines is 3. The van der Waals surface area contributed by atoms with Crippen LogP contribution >= 0.6 is 11.6 Å². The SMILES string of the molecule is CC1CN(c2ncccc2Cl)CCN1c1cc(N)ncn1. The summed E-state index contributed by atoms with van der Waals surface area (Å²) >= 11 is 6.22. The van der Waals surface area contributed by atoms with Crippen molar-refractivity contribution in [2.24, 2.45) is 0 Å². The summed E-state index contributed by atoms with van der Waals surface area (Å²) in [5.74, 6) is 2.19. The van der Waals surface area contributed by atoms with E-state index in [-0.39, 0.29) is 6.04 Å². The number of rotatable bonds is 2. The number of aromatic nitrogens is 3. The minimum atomic E-state index is 0.283. The first-order valence-electron chi connectivity index (χ1n) is 6.85. The Labute approximate surface area is 128 Å². The van der Waals surface area contributed by atoms with Crippen molar-refractivity contribution in [3.8, 4) is 0 Å². The standard InChI is InChI=1S/C14H17ClN6/c1-10-8-20(14-11(15)3-2-4-17-14)5-6-21(10)13-7-12(16)18-9-19-13/h2-4,7,9-10H,5-6,8H2,1H3,(H2,16,18,19). The van der Waals surface area contributed by atoms with Crippen molar-refractivity contribution in [1.82, 2.24) is 15.0 Å². The van der Waals surface area contributed by atoms with E-state index in [1.807, 2.05) is 12.1 Å². The number of pyridine rings is 1. The first kappa shape index (κ1) is 13.9. The van der Waals surface area contributed by atoms with Gasteiger partial charge in [0.15, 0.2) is 0 Å². The van der Waals surface area contributed by atoms with Crippen molar-refractivity contribution in [1.29, 1.82) is 0 Å². The van der Waals surface area contributed by atoms with Crippen molar-refractivity contribution >= 4 is 29.1 Å². The summed E-state index contributed by atoms with van der Waals surface area (Å²) in [5.41, 5.74) is 5.73. The molecular weight excluding hydrogens is 288 g/mol. The van der Waals surface area contributed by atoms with Gasteiger partial charge in [-0.25, -0.2) is 15.0 Å². The molecule has 1 fully saturated rings. The van der Waals surface area contributed by atoms with E-state index in [9.17, 15) is 0 Å². The third-order valence-electron chi connectivity index (χ3n) is 3.63. The van der Waals surface area contributed by atoms with Gasteiger partial charge in [0.2, 0.25) is 0 Å². The molecule has 3 heterocycles. The lowest BCUT2D eigenvalue weighted by molar-refractivity contribution is 0.542. The van der Waals surface area contributed by atoms with E-state index in [1.165, 1.54) is 6.33 Å². The van der Waals surface area contributed by atoms with Crippen molar-refractivity contribution in [3.63, 3.8) is 0 Å². The smallest absolute Gasteiger partial charge is 0.147 e. The molecule has 1 unspecified atom stereocenters. The van der Waals surface area contributed by atoms with E-state index in [2.05, 4.69) is 31.7 Å². The van der Waals surface area contributed by atoms with Crippen molar-refractivity contribution in [3.05, 3.63) is 35.7 Å². The lowest BCUT2D eigenvalue weighted by Crippen LogP contribution is -2.52. The second-order valence-corrected chi connectivity index (χ2v) is 5.51. The molecule has 1 atom stereocenters. The predicted molar refractivity (Wildman–Crippen MR) is 84.7 cm³/mol. The van der Waals surface area contributed by atoms with Gasteiger partial charge in [-0.15, -0.1) is 0 Å². The highest BCUT2D eigenvalue weighted by atomic mass is 35.5. The molecule has 1 aliphatic rings. The number of nitrogens with zero attached hydrogens (tertiary/aromatic N) is 5. The Morgan fingerprint density at radius 3 is 2.86 bits per heavy atom. The van der Waals surface area contributed by atoms with Crippen LogP contribution in [0.2, 0.25) is 5.02 Å². The monoisotopic (exact) mass is 304 g/mol. The van der Waals surface area contributed by atoms with Gasteiger partial charge in [0.05, 0.1) is 5.02 Å². The van der Waals surface area contributed by atoms with E-state index < -0.39 is 0 Å². The van der Waals surface area contributed by atoms with Crippen LogP contribution in [-0.4, -0.2) is 40.6 Å². The molecule has 0 aliphatic carbocycles. The second-order valence-electron chi connectivity index (χ2n) is 5.10. The van der Waals surface area contributed by atoms with Crippen LogP contribution in [0.3, 0.4) is 0 Å². The normalized spacial score (nSPS) is 18.9.